The number of nitrogens with zero attached hydrogens (tertiary/aromatic N) is 3. The van der Waals surface area contributed by atoms with Crippen molar-refractivity contribution < 1.29 is 9.59 Å². The molecule has 0 aliphatic carbocycles. The first kappa shape index (κ1) is 26.6. The lowest BCUT2D eigenvalue weighted by molar-refractivity contribution is 0.0740. The summed E-state index contributed by atoms with van der Waals surface area (Å²) < 4.78 is 2.15. The first-order valence-corrected chi connectivity index (χ1v) is 12.8. The largest absolute Gasteiger partial charge is 0.339 e. The average molecular weight is 477 g/mol. The van der Waals surface area contributed by atoms with Gasteiger partial charge in [-0.2, -0.15) is 0 Å². The fraction of sp³-hybridized carbons (Fsp3) is 0.483. The van der Waals surface area contributed by atoms with Gasteiger partial charge in [-0.25, -0.2) is 4.98 Å². The summed E-state index contributed by atoms with van der Waals surface area (Å²) in [6, 6.07) is 13.3. The predicted molar refractivity (Wildman–Crippen MR) is 144 cm³/mol. The summed E-state index contributed by atoms with van der Waals surface area (Å²) >= 11 is 0. The van der Waals surface area contributed by atoms with Crippen LogP contribution in [0.5, 0.6) is 0 Å². The molecule has 3 aromatic rings. The average Bonchev–Trinajstić information content (AvgIpc) is 3.19. The Morgan fingerprint density at radius 3 is 2.09 bits per heavy atom. The molecule has 0 aliphatic rings. The van der Waals surface area contributed by atoms with Crippen LogP contribution in [-0.4, -0.2) is 45.8 Å². The predicted octanol–water partition coefficient (Wildman–Crippen LogP) is 5.79. The molecule has 0 radical (unpaired) electrons. The van der Waals surface area contributed by atoms with E-state index in [0.717, 1.165) is 54.8 Å². The highest BCUT2D eigenvalue weighted by atomic mass is 16.2. The van der Waals surface area contributed by atoms with E-state index >= 15 is 0 Å². The number of nitrogens with two attached hydrogens (primary N) is 1. The second kappa shape index (κ2) is 12.1. The summed E-state index contributed by atoms with van der Waals surface area (Å²) in [7, 11) is 0. The van der Waals surface area contributed by atoms with Crippen molar-refractivity contribution in [2.75, 3.05) is 19.6 Å². The number of hydrogen-bond acceptors (Lipinski definition) is 4. The van der Waals surface area contributed by atoms with Crippen LogP contribution in [0.15, 0.2) is 42.5 Å². The van der Waals surface area contributed by atoms with Crippen molar-refractivity contribution in [2.24, 2.45) is 17.6 Å². The molecule has 0 atom stereocenters. The quantitative estimate of drug-likeness (QED) is 0.336. The summed E-state index contributed by atoms with van der Waals surface area (Å²) in [4.78, 5) is 32.1. The molecule has 0 spiro atoms. The number of benzene rings is 2. The van der Waals surface area contributed by atoms with Crippen molar-refractivity contribution in [3.05, 3.63) is 53.6 Å². The molecule has 0 saturated heterocycles. The highest BCUT2D eigenvalue weighted by Crippen LogP contribution is 2.27. The number of ketones is 1. The highest BCUT2D eigenvalue weighted by Gasteiger charge is 2.19. The molecule has 1 heterocycles. The molecule has 6 heteroatoms. The molecule has 0 saturated carbocycles. The number of fused-ring (bicyclic) bond motifs is 1. The summed E-state index contributed by atoms with van der Waals surface area (Å²) in [5.41, 5.74) is 9.92. The number of imidazole rings is 1. The summed E-state index contributed by atoms with van der Waals surface area (Å²) in [5, 5.41) is 0. The molecule has 1 aromatic heterocycles. The van der Waals surface area contributed by atoms with Gasteiger partial charge >= 0.3 is 0 Å². The Bertz CT molecular complexity index is 1130. The lowest BCUT2D eigenvalue weighted by Gasteiger charge is -2.24. The Labute approximate surface area is 209 Å². The van der Waals surface area contributed by atoms with Gasteiger partial charge in [-0.3, -0.25) is 9.59 Å². The minimum atomic E-state index is 0.0378. The molecular weight excluding hydrogens is 436 g/mol. The molecule has 0 aliphatic heterocycles. The number of aryl methyl sites for hydroxylation is 1. The van der Waals surface area contributed by atoms with Crippen LogP contribution in [0.4, 0.5) is 0 Å². The minimum absolute atomic E-state index is 0.0378. The molecule has 35 heavy (non-hydrogen) atoms. The third kappa shape index (κ3) is 6.79. The first-order chi connectivity index (χ1) is 16.7. The maximum absolute atomic E-state index is 13.6. The van der Waals surface area contributed by atoms with E-state index in [9.17, 15) is 9.59 Å². The number of amides is 1. The Kier molecular flexibility index (Phi) is 9.21. The van der Waals surface area contributed by atoms with Crippen molar-refractivity contribution >= 4 is 22.7 Å². The van der Waals surface area contributed by atoms with Crippen LogP contribution in [0, 0.1) is 11.8 Å². The number of aromatic nitrogens is 2. The normalized spacial score (nSPS) is 11.5. The standard InChI is InChI=1S/C29H40N4O2/c1-20(2)13-17-32(18-14-21(3)4)29(35)25-11-12-26-27(19-25)33(16-6-15-30)28(31-26)24-9-7-23(8-10-24)22(5)34/h7-12,19-21H,6,13-18,30H2,1-5H3. The maximum atomic E-state index is 13.6. The van der Waals surface area contributed by atoms with E-state index in [0.29, 0.717) is 36.1 Å². The Morgan fingerprint density at radius 2 is 1.54 bits per heavy atom. The third-order valence-corrected chi connectivity index (χ3v) is 6.37. The van der Waals surface area contributed by atoms with E-state index in [2.05, 4.69) is 32.3 Å². The number of hydrogen-bond donors (Lipinski definition) is 1. The molecule has 1 amide bonds. The zero-order valence-electron chi connectivity index (χ0n) is 21.9. The fourth-order valence-corrected chi connectivity index (χ4v) is 4.13. The van der Waals surface area contributed by atoms with Crippen LogP contribution in [0.1, 0.15) is 74.6 Å². The van der Waals surface area contributed by atoms with Crippen LogP contribution in [0.2, 0.25) is 0 Å². The third-order valence-electron chi connectivity index (χ3n) is 6.37. The number of rotatable bonds is 12. The fourth-order valence-electron chi connectivity index (χ4n) is 4.13. The van der Waals surface area contributed by atoms with E-state index in [1.807, 2.05) is 47.4 Å². The van der Waals surface area contributed by atoms with E-state index in [1.165, 1.54) is 0 Å². The van der Waals surface area contributed by atoms with Crippen LogP contribution in [0.3, 0.4) is 0 Å². The van der Waals surface area contributed by atoms with Gasteiger partial charge in [0.15, 0.2) is 5.78 Å². The lowest BCUT2D eigenvalue weighted by atomic mass is 10.1. The van der Waals surface area contributed by atoms with Gasteiger partial charge in [0.05, 0.1) is 11.0 Å². The van der Waals surface area contributed by atoms with Crippen molar-refractivity contribution in [3.8, 4) is 11.4 Å². The summed E-state index contributed by atoms with van der Waals surface area (Å²) in [6.45, 7) is 13.1. The number of carbonyl (C=O) groups excluding carboxylic acids is 2. The summed E-state index contributed by atoms with van der Waals surface area (Å²) in [5.74, 6) is 2.02. The SMILES string of the molecule is CC(=O)c1ccc(-c2nc3ccc(C(=O)N(CCC(C)C)CCC(C)C)cc3n2CCCN)cc1. The van der Waals surface area contributed by atoms with Gasteiger partial charge in [-0.15, -0.1) is 0 Å². The molecule has 3 rings (SSSR count). The van der Waals surface area contributed by atoms with E-state index in [-0.39, 0.29) is 11.7 Å². The van der Waals surface area contributed by atoms with E-state index in [4.69, 9.17) is 10.7 Å². The van der Waals surface area contributed by atoms with E-state index in [1.54, 1.807) is 6.92 Å². The van der Waals surface area contributed by atoms with Crippen molar-refractivity contribution in [1.29, 1.82) is 0 Å². The monoisotopic (exact) mass is 476 g/mol. The van der Waals surface area contributed by atoms with Crippen LogP contribution in [0.25, 0.3) is 22.4 Å². The van der Waals surface area contributed by atoms with Gasteiger partial charge in [0.2, 0.25) is 0 Å². The lowest BCUT2D eigenvalue weighted by Crippen LogP contribution is -2.34. The van der Waals surface area contributed by atoms with Gasteiger partial charge in [0.25, 0.3) is 5.91 Å². The number of carbonyl (C=O) groups is 2. The second-order valence-electron chi connectivity index (χ2n) is 10.2. The smallest absolute Gasteiger partial charge is 0.253 e. The van der Waals surface area contributed by atoms with Crippen LogP contribution >= 0.6 is 0 Å². The first-order valence-electron chi connectivity index (χ1n) is 12.8. The second-order valence-corrected chi connectivity index (χ2v) is 10.2. The summed E-state index contributed by atoms with van der Waals surface area (Å²) in [6.07, 6.45) is 2.78. The maximum Gasteiger partial charge on any atom is 0.253 e. The molecule has 6 nitrogen and oxygen atoms in total. The molecule has 0 fully saturated rings. The number of Topliss-reactive ketones (excluding diaryl/α,β-unsaturated/α-hetero) is 1. The van der Waals surface area contributed by atoms with Gasteiger partial charge in [0, 0.05) is 36.3 Å². The molecule has 0 bridgehead atoms. The zero-order valence-corrected chi connectivity index (χ0v) is 21.9. The topological polar surface area (TPSA) is 81.2 Å². The van der Waals surface area contributed by atoms with Crippen LogP contribution in [-0.2, 0) is 6.54 Å². The van der Waals surface area contributed by atoms with Gasteiger partial charge in [-0.05, 0) is 62.8 Å². The molecule has 2 N–H and O–H groups in total. The van der Waals surface area contributed by atoms with Crippen molar-refractivity contribution in [1.82, 2.24) is 14.5 Å². The molecule has 188 valence electrons. The minimum Gasteiger partial charge on any atom is -0.339 e. The Hall–Kier alpha value is -2.99. The Morgan fingerprint density at radius 1 is 0.943 bits per heavy atom. The van der Waals surface area contributed by atoms with Crippen molar-refractivity contribution in [3.63, 3.8) is 0 Å². The van der Waals surface area contributed by atoms with E-state index < -0.39 is 0 Å². The van der Waals surface area contributed by atoms with Gasteiger partial charge in [0.1, 0.15) is 5.82 Å². The molecular formula is C29H40N4O2. The highest BCUT2D eigenvalue weighted by molar-refractivity contribution is 5.98. The van der Waals surface area contributed by atoms with Crippen LogP contribution < -0.4 is 5.73 Å². The van der Waals surface area contributed by atoms with Crippen molar-refractivity contribution in [2.45, 2.75) is 60.4 Å². The van der Waals surface area contributed by atoms with Gasteiger partial charge < -0.3 is 15.2 Å². The zero-order chi connectivity index (χ0) is 25.5. The molecule has 0 unspecified atom stereocenters. The Balaban J connectivity index is 2.00. The molecule has 2 aromatic carbocycles. The van der Waals surface area contributed by atoms with Gasteiger partial charge in [-0.1, -0.05) is 52.0 Å².